The molecule has 1 aromatic carbocycles. The fraction of sp³-hybridized carbons (Fsp3) is 0.364. The normalized spacial score (nSPS) is 12.5. The Morgan fingerprint density at radius 3 is 2.63 bits per heavy atom. The number of benzene rings is 1. The summed E-state index contributed by atoms with van der Waals surface area (Å²) in [5, 5.41) is 0. The van der Waals surface area contributed by atoms with E-state index >= 15 is 0 Å². The molecule has 1 atom stereocenters. The molecule has 0 N–H and O–H groups in total. The third-order valence-corrected chi connectivity index (χ3v) is 4.97. The zero-order valence-corrected chi connectivity index (χ0v) is 17.4. The van der Waals surface area contributed by atoms with Crippen LogP contribution >= 0.6 is 0 Å². The van der Waals surface area contributed by atoms with Gasteiger partial charge in [-0.05, 0) is 37.8 Å². The lowest BCUT2D eigenvalue weighted by atomic mass is 10.1. The van der Waals surface area contributed by atoms with Gasteiger partial charge in [-0.3, -0.25) is 13.9 Å². The number of aryl methyl sites for hydroxylation is 2. The predicted molar refractivity (Wildman–Crippen MR) is 115 cm³/mol. The van der Waals surface area contributed by atoms with Crippen LogP contribution in [0.1, 0.15) is 31.7 Å². The fourth-order valence-electron chi connectivity index (χ4n) is 3.32. The number of imidazole rings is 1. The quantitative estimate of drug-likeness (QED) is 0.323. The summed E-state index contributed by atoms with van der Waals surface area (Å²) in [5.74, 6) is -0.391. The minimum absolute atomic E-state index is 0.253. The number of ether oxygens (including phenoxy) is 1. The van der Waals surface area contributed by atoms with Crippen molar-refractivity contribution in [3.05, 3.63) is 69.1 Å². The van der Waals surface area contributed by atoms with E-state index in [-0.39, 0.29) is 17.4 Å². The maximum Gasteiger partial charge on any atom is 0.332 e. The van der Waals surface area contributed by atoms with Crippen LogP contribution in [0.15, 0.2) is 52.3 Å². The number of carbonyl (C=O) groups is 1. The van der Waals surface area contributed by atoms with Gasteiger partial charge in [0.05, 0.1) is 12.4 Å². The van der Waals surface area contributed by atoms with Crippen molar-refractivity contribution in [1.29, 1.82) is 0 Å². The van der Waals surface area contributed by atoms with Gasteiger partial charge in [0.25, 0.3) is 5.56 Å². The second kappa shape index (κ2) is 9.39. The average Bonchev–Trinajstić information content (AvgIpc) is 3.12. The van der Waals surface area contributed by atoms with Gasteiger partial charge in [-0.1, -0.05) is 30.3 Å². The molecule has 30 heavy (non-hydrogen) atoms. The largest absolute Gasteiger partial charge is 0.460 e. The molecule has 0 saturated heterocycles. The van der Waals surface area contributed by atoms with Gasteiger partial charge in [0.15, 0.2) is 11.2 Å². The molecule has 158 valence electrons. The third-order valence-electron chi connectivity index (χ3n) is 4.97. The first-order valence-electron chi connectivity index (χ1n) is 9.93. The van der Waals surface area contributed by atoms with Gasteiger partial charge in [0.2, 0.25) is 0 Å². The van der Waals surface area contributed by atoms with Gasteiger partial charge in [0.1, 0.15) is 0 Å². The standard InChI is InChI=1S/C22H26N4O4/c1-16(30-18(27)13-12-17-10-5-4-6-11-17)9-7-8-14-26-21(28)19-20(23-15-24(19)2)25(3)22(26)29/h4-6,10-13,15-16H,7-9,14H2,1-3H3. The number of nitrogens with zero attached hydrogens (tertiary/aromatic N) is 4. The first kappa shape index (κ1) is 21.3. The van der Waals surface area contributed by atoms with Crippen LogP contribution in [-0.2, 0) is 30.2 Å². The molecule has 3 aromatic rings. The molecule has 0 bridgehead atoms. The lowest BCUT2D eigenvalue weighted by molar-refractivity contribution is -0.142. The second-order valence-corrected chi connectivity index (χ2v) is 7.31. The molecule has 8 nitrogen and oxygen atoms in total. The molecule has 0 amide bonds. The van der Waals surface area contributed by atoms with Crippen LogP contribution in [0.25, 0.3) is 17.2 Å². The molecule has 0 spiro atoms. The zero-order valence-electron chi connectivity index (χ0n) is 17.4. The first-order chi connectivity index (χ1) is 14.4. The summed E-state index contributed by atoms with van der Waals surface area (Å²) >= 11 is 0. The summed E-state index contributed by atoms with van der Waals surface area (Å²) in [7, 11) is 3.34. The van der Waals surface area contributed by atoms with Crippen LogP contribution in [0.4, 0.5) is 0 Å². The Labute approximate surface area is 174 Å². The fourth-order valence-corrected chi connectivity index (χ4v) is 3.32. The number of rotatable bonds is 8. The summed E-state index contributed by atoms with van der Waals surface area (Å²) in [6.45, 7) is 2.14. The van der Waals surface area contributed by atoms with E-state index in [4.69, 9.17) is 4.74 Å². The Kier molecular flexibility index (Phi) is 6.66. The monoisotopic (exact) mass is 410 g/mol. The number of esters is 1. The molecule has 0 aliphatic heterocycles. The molecular weight excluding hydrogens is 384 g/mol. The maximum absolute atomic E-state index is 12.7. The van der Waals surface area contributed by atoms with E-state index < -0.39 is 5.97 Å². The lowest BCUT2D eigenvalue weighted by Crippen LogP contribution is -2.39. The Morgan fingerprint density at radius 2 is 1.90 bits per heavy atom. The van der Waals surface area contributed by atoms with Crippen LogP contribution < -0.4 is 11.2 Å². The van der Waals surface area contributed by atoms with E-state index in [0.717, 1.165) is 12.0 Å². The molecule has 3 rings (SSSR count). The highest BCUT2D eigenvalue weighted by Gasteiger charge is 2.14. The minimum Gasteiger partial charge on any atom is -0.460 e. The maximum atomic E-state index is 12.7. The van der Waals surface area contributed by atoms with Gasteiger partial charge in [-0.2, -0.15) is 0 Å². The second-order valence-electron chi connectivity index (χ2n) is 7.31. The Balaban J connectivity index is 1.52. The number of fused-ring (bicyclic) bond motifs is 1. The van der Waals surface area contributed by atoms with Crippen molar-refractivity contribution in [2.75, 3.05) is 0 Å². The van der Waals surface area contributed by atoms with Crippen LogP contribution in [-0.4, -0.2) is 30.8 Å². The zero-order chi connectivity index (χ0) is 21.7. The Morgan fingerprint density at radius 1 is 1.17 bits per heavy atom. The Hall–Kier alpha value is -3.42. The topological polar surface area (TPSA) is 88.1 Å². The van der Waals surface area contributed by atoms with Crippen LogP contribution in [0, 0.1) is 0 Å². The van der Waals surface area contributed by atoms with Gasteiger partial charge < -0.3 is 9.30 Å². The SMILES string of the molecule is CC(CCCCn1c(=O)c2c(ncn2C)n(C)c1=O)OC(=O)C=Cc1ccccc1. The minimum atomic E-state index is -0.391. The average molecular weight is 410 g/mol. The summed E-state index contributed by atoms with van der Waals surface area (Å²) < 4.78 is 9.63. The first-order valence-corrected chi connectivity index (χ1v) is 9.93. The van der Waals surface area contributed by atoms with E-state index in [0.29, 0.717) is 30.6 Å². The summed E-state index contributed by atoms with van der Waals surface area (Å²) in [6, 6.07) is 9.53. The van der Waals surface area contributed by atoms with E-state index in [1.54, 1.807) is 24.7 Å². The molecule has 8 heteroatoms. The number of hydrogen-bond donors (Lipinski definition) is 0. The highest BCUT2D eigenvalue weighted by Crippen LogP contribution is 2.08. The van der Waals surface area contributed by atoms with Crippen LogP contribution in [0.3, 0.4) is 0 Å². The van der Waals surface area contributed by atoms with Crippen LogP contribution in [0.5, 0.6) is 0 Å². The van der Waals surface area contributed by atoms with Crippen LogP contribution in [0.2, 0.25) is 0 Å². The molecule has 1 unspecified atom stereocenters. The third kappa shape index (κ3) is 4.76. The Bertz CT molecular complexity index is 1170. The van der Waals surface area contributed by atoms with Crippen molar-refractivity contribution >= 4 is 23.2 Å². The smallest absolute Gasteiger partial charge is 0.332 e. The molecule has 0 aliphatic rings. The van der Waals surface area contributed by atoms with Crippen molar-refractivity contribution in [2.24, 2.45) is 14.1 Å². The summed E-state index contributed by atoms with van der Waals surface area (Å²) in [6.07, 6.45) is 6.39. The number of aromatic nitrogens is 4. The van der Waals surface area contributed by atoms with E-state index in [1.165, 1.54) is 21.5 Å². The van der Waals surface area contributed by atoms with Crippen molar-refractivity contribution in [1.82, 2.24) is 18.7 Å². The molecule has 0 fully saturated rings. The van der Waals surface area contributed by atoms with Crippen molar-refractivity contribution in [3.8, 4) is 0 Å². The van der Waals surface area contributed by atoms with Crippen molar-refractivity contribution in [3.63, 3.8) is 0 Å². The number of unbranched alkanes of at least 4 members (excludes halogenated alkanes) is 1. The van der Waals surface area contributed by atoms with Gasteiger partial charge in [-0.15, -0.1) is 0 Å². The van der Waals surface area contributed by atoms with Crippen molar-refractivity contribution in [2.45, 2.75) is 38.8 Å². The van der Waals surface area contributed by atoms with Crippen molar-refractivity contribution < 1.29 is 9.53 Å². The van der Waals surface area contributed by atoms with E-state index in [2.05, 4.69) is 4.98 Å². The summed E-state index contributed by atoms with van der Waals surface area (Å²) in [5.41, 5.74) is 1.01. The molecule has 0 radical (unpaired) electrons. The molecule has 0 saturated carbocycles. The summed E-state index contributed by atoms with van der Waals surface area (Å²) in [4.78, 5) is 41.2. The highest BCUT2D eigenvalue weighted by atomic mass is 16.5. The van der Waals surface area contributed by atoms with E-state index in [9.17, 15) is 14.4 Å². The predicted octanol–water partition coefficient (Wildman–Crippen LogP) is 2.25. The number of carbonyl (C=O) groups excluding carboxylic acids is 1. The molecule has 2 heterocycles. The van der Waals surface area contributed by atoms with Gasteiger partial charge in [0, 0.05) is 26.7 Å². The van der Waals surface area contributed by atoms with E-state index in [1.807, 2.05) is 37.3 Å². The molecule has 2 aromatic heterocycles. The van der Waals surface area contributed by atoms with Gasteiger partial charge in [-0.25, -0.2) is 14.6 Å². The number of hydrogen-bond acceptors (Lipinski definition) is 5. The highest BCUT2D eigenvalue weighted by molar-refractivity contribution is 5.87. The molecular formula is C22H26N4O4. The lowest BCUT2D eigenvalue weighted by Gasteiger charge is -2.12. The molecule has 0 aliphatic carbocycles. The van der Waals surface area contributed by atoms with Gasteiger partial charge >= 0.3 is 11.7 Å².